The van der Waals surface area contributed by atoms with E-state index < -0.39 is 22.4 Å². The van der Waals surface area contributed by atoms with Crippen LogP contribution >= 0.6 is 0 Å². The maximum Gasteiger partial charge on any atom is 0.269 e. The second-order valence-electron chi connectivity index (χ2n) is 2.79. The first-order valence-electron chi connectivity index (χ1n) is 4.01. The van der Waals surface area contributed by atoms with E-state index in [2.05, 4.69) is 4.18 Å². The highest BCUT2D eigenvalue weighted by atomic mass is 32.2. The Morgan fingerprint density at radius 2 is 2.20 bits per heavy atom. The van der Waals surface area contributed by atoms with Gasteiger partial charge >= 0.3 is 0 Å². The minimum atomic E-state index is -2.63. The molecule has 0 aliphatic rings. The van der Waals surface area contributed by atoms with Gasteiger partial charge < -0.3 is 4.55 Å². The van der Waals surface area contributed by atoms with Gasteiger partial charge in [-0.1, -0.05) is 12.1 Å². The van der Waals surface area contributed by atoms with Crippen molar-refractivity contribution in [2.75, 3.05) is 0 Å². The zero-order valence-corrected chi connectivity index (χ0v) is 8.60. The Balaban J connectivity index is 2.89. The molecule has 2 atom stereocenters. The van der Waals surface area contributed by atoms with Crippen LogP contribution in [0.4, 0.5) is 5.69 Å². The fraction of sp³-hybridized carbons (Fsp3) is 0.250. The Kier molecular flexibility index (Phi) is 3.89. The molecule has 0 N–H and O–H groups in total. The quantitative estimate of drug-likeness (QED) is 0.443. The van der Waals surface area contributed by atoms with Crippen LogP contribution in [0.15, 0.2) is 24.3 Å². The highest BCUT2D eigenvalue weighted by Gasteiger charge is 2.11. The molecular weight excluding hydrogens is 222 g/mol. The van der Waals surface area contributed by atoms with Gasteiger partial charge in [0.2, 0.25) is 0 Å². The van der Waals surface area contributed by atoms with Gasteiger partial charge in [0.05, 0.1) is 22.4 Å². The molecule has 0 heterocycles. The van der Waals surface area contributed by atoms with Gasteiger partial charge in [0.15, 0.2) is 0 Å². The third kappa shape index (κ3) is 3.39. The lowest BCUT2D eigenvalue weighted by molar-refractivity contribution is -0.385. The van der Waals surface area contributed by atoms with Crippen molar-refractivity contribution in [3.05, 3.63) is 39.9 Å². The molecule has 0 saturated carbocycles. The topological polar surface area (TPSA) is 92.5 Å². The average molecular weight is 230 g/mol. The van der Waals surface area contributed by atoms with Crippen molar-refractivity contribution < 1.29 is 17.9 Å². The van der Waals surface area contributed by atoms with Crippen molar-refractivity contribution in [2.24, 2.45) is 0 Å². The predicted octanol–water partition coefficient (Wildman–Crippen LogP) is 1.47. The van der Waals surface area contributed by atoms with E-state index in [4.69, 9.17) is 0 Å². The molecule has 7 heteroatoms. The molecule has 6 nitrogen and oxygen atoms in total. The number of hydrogen-bond acceptors (Lipinski definition) is 5. The van der Waals surface area contributed by atoms with Crippen LogP contribution in [0.25, 0.3) is 0 Å². The Morgan fingerprint density at radius 1 is 1.53 bits per heavy atom. The summed E-state index contributed by atoms with van der Waals surface area (Å²) in [5.74, 6) is 0. The Bertz CT molecular complexity index is 394. The Hall–Kier alpha value is -1.31. The fourth-order valence-corrected chi connectivity index (χ4v) is 1.41. The van der Waals surface area contributed by atoms with Gasteiger partial charge in [-0.25, -0.2) is 4.21 Å². The number of nitrogens with zero attached hydrogens (tertiary/aromatic N) is 1. The molecule has 0 bridgehead atoms. The summed E-state index contributed by atoms with van der Waals surface area (Å²) in [6, 6.07) is 5.63. The first-order chi connectivity index (χ1) is 7.00. The van der Waals surface area contributed by atoms with Crippen LogP contribution in [0.2, 0.25) is 0 Å². The van der Waals surface area contributed by atoms with E-state index >= 15 is 0 Å². The second kappa shape index (κ2) is 4.96. The third-order valence-electron chi connectivity index (χ3n) is 1.77. The maximum atomic E-state index is 10.4. The van der Waals surface area contributed by atoms with E-state index in [1.165, 1.54) is 25.1 Å². The van der Waals surface area contributed by atoms with Gasteiger partial charge in [0.1, 0.15) is 0 Å². The van der Waals surface area contributed by atoms with Gasteiger partial charge in [-0.15, -0.1) is 0 Å². The van der Waals surface area contributed by atoms with Crippen molar-refractivity contribution >= 4 is 17.0 Å². The van der Waals surface area contributed by atoms with Crippen LogP contribution < -0.4 is 0 Å². The van der Waals surface area contributed by atoms with Gasteiger partial charge in [-0.05, 0) is 12.5 Å². The number of benzene rings is 1. The van der Waals surface area contributed by atoms with Crippen molar-refractivity contribution in [1.82, 2.24) is 0 Å². The van der Waals surface area contributed by atoms with E-state index in [1.54, 1.807) is 6.07 Å². The molecule has 0 aromatic heterocycles. The molecular formula is C8H8NO5S-. The molecule has 1 aromatic carbocycles. The molecule has 1 aromatic rings. The maximum absolute atomic E-state index is 10.4. The summed E-state index contributed by atoms with van der Waals surface area (Å²) >= 11 is -2.63. The zero-order chi connectivity index (χ0) is 11.4. The molecule has 15 heavy (non-hydrogen) atoms. The number of rotatable bonds is 4. The van der Waals surface area contributed by atoms with Crippen molar-refractivity contribution in [1.29, 1.82) is 0 Å². The molecule has 0 saturated heterocycles. The van der Waals surface area contributed by atoms with Gasteiger partial charge in [0, 0.05) is 12.1 Å². The Morgan fingerprint density at radius 3 is 2.73 bits per heavy atom. The molecule has 1 rings (SSSR count). The fourth-order valence-electron chi connectivity index (χ4n) is 1.06. The molecule has 0 spiro atoms. The summed E-state index contributed by atoms with van der Waals surface area (Å²) in [4.78, 5) is 9.89. The van der Waals surface area contributed by atoms with E-state index in [0.29, 0.717) is 5.56 Å². The largest absolute Gasteiger partial charge is 0.750 e. The molecule has 0 amide bonds. The average Bonchev–Trinajstić information content (AvgIpc) is 2.17. The molecule has 0 aliphatic heterocycles. The lowest BCUT2D eigenvalue weighted by Crippen LogP contribution is -2.02. The number of hydrogen-bond donors (Lipinski definition) is 0. The Labute approximate surface area is 88.5 Å². The SMILES string of the molecule is CC(OS(=O)[O-])c1cccc([N+](=O)[O-])c1. The van der Waals surface area contributed by atoms with Crippen LogP contribution in [0, 0.1) is 10.1 Å². The molecule has 0 aliphatic carbocycles. The van der Waals surface area contributed by atoms with E-state index in [0.717, 1.165) is 0 Å². The third-order valence-corrected chi connectivity index (χ3v) is 2.22. The lowest BCUT2D eigenvalue weighted by Gasteiger charge is -2.13. The summed E-state index contributed by atoms with van der Waals surface area (Å²) < 4.78 is 25.0. The van der Waals surface area contributed by atoms with Gasteiger partial charge in [-0.3, -0.25) is 14.3 Å². The second-order valence-corrected chi connectivity index (χ2v) is 3.40. The standard InChI is InChI=1S/C8H9NO5S/c1-6(14-15(12)13)7-3-2-4-8(5-7)9(10)11/h2-6H,1H3,(H,12,13)/p-1. The van der Waals surface area contributed by atoms with Crippen LogP contribution in [-0.2, 0) is 15.5 Å². The van der Waals surface area contributed by atoms with Crippen LogP contribution in [0.3, 0.4) is 0 Å². The van der Waals surface area contributed by atoms with Crippen molar-refractivity contribution in [3.63, 3.8) is 0 Å². The van der Waals surface area contributed by atoms with Crippen molar-refractivity contribution in [3.8, 4) is 0 Å². The van der Waals surface area contributed by atoms with Crippen LogP contribution in [0.5, 0.6) is 0 Å². The number of nitro benzene ring substituents is 1. The summed E-state index contributed by atoms with van der Waals surface area (Å²) in [6.07, 6.45) is -0.733. The monoisotopic (exact) mass is 230 g/mol. The summed E-state index contributed by atoms with van der Waals surface area (Å²) in [7, 11) is 0. The highest BCUT2D eigenvalue weighted by molar-refractivity contribution is 7.74. The summed E-state index contributed by atoms with van der Waals surface area (Å²) in [5, 5.41) is 10.4. The summed E-state index contributed by atoms with van der Waals surface area (Å²) in [5.41, 5.74) is 0.341. The zero-order valence-electron chi connectivity index (χ0n) is 7.78. The van der Waals surface area contributed by atoms with Crippen LogP contribution in [0.1, 0.15) is 18.6 Å². The number of nitro groups is 1. The summed E-state index contributed by atoms with van der Waals surface area (Å²) in [6.45, 7) is 1.49. The lowest BCUT2D eigenvalue weighted by atomic mass is 10.1. The first kappa shape index (κ1) is 11.8. The first-order valence-corrected chi connectivity index (χ1v) is 5.01. The van der Waals surface area contributed by atoms with Crippen LogP contribution in [-0.4, -0.2) is 13.7 Å². The molecule has 2 unspecified atom stereocenters. The molecule has 0 radical (unpaired) electrons. The minimum Gasteiger partial charge on any atom is -0.750 e. The van der Waals surface area contributed by atoms with E-state index in [1.807, 2.05) is 0 Å². The molecule has 82 valence electrons. The highest BCUT2D eigenvalue weighted by Crippen LogP contribution is 2.21. The van der Waals surface area contributed by atoms with E-state index in [-0.39, 0.29) is 5.69 Å². The van der Waals surface area contributed by atoms with Gasteiger partial charge in [-0.2, -0.15) is 0 Å². The predicted molar refractivity (Wildman–Crippen MR) is 51.5 cm³/mol. The van der Waals surface area contributed by atoms with Crippen molar-refractivity contribution in [2.45, 2.75) is 13.0 Å². The number of non-ortho nitro benzene ring substituents is 1. The molecule has 0 fully saturated rings. The smallest absolute Gasteiger partial charge is 0.269 e. The van der Waals surface area contributed by atoms with E-state index in [9.17, 15) is 18.9 Å². The minimum absolute atomic E-state index is 0.0976. The van der Waals surface area contributed by atoms with Gasteiger partial charge in [0.25, 0.3) is 5.69 Å². The normalized spacial score (nSPS) is 14.5.